The van der Waals surface area contributed by atoms with Crippen LogP contribution < -0.4 is 4.90 Å². The van der Waals surface area contributed by atoms with Crippen molar-refractivity contribution in [2.45, 2.75) is 38.8 Å². The summed E-state index contributed by atoms with van der Waals surface area (Å²) in [7, 11) is 0. The first kappa shape index (κ1) is 22.4. The van der Waals surface area contributed by atoms with Crippen LogP contribution in [0.1, 0.15) is 36.9 Å². The summed E-state index contributed by atoms with van der Waals surface area (Å²) in [5.74, 6) is 0. The summed E-state index contributed by atoms with van der Waals surface area (Å²) in [5, 5.41) is 0.819. The van der Waals surface area contributed by atoms with Gasteiger partial charge in [-0.1, -0.05) is 41.9 Å². The Labute approximate surface area is 187 Å². The smallest absolute Gasteiger partial charge is 0.0406 e. The lowest BCUT2D eigenvalue weighted by Gasteiger charge is -2.44. The number of nitrogens with zero attached hydrogens (tertiary/aromatic N) is 3. The van der Waals surface area contributed by atoms with E-state index in [1.54, 1.807) is 0 Å². The van der Waals surface area contributed by atoms with Crippen molar-refractivity contribution in [1.29, 1.82) is 0 Å². The van der Waals surface area contributed by atoms with E-state index in [-0.39, 0.29) is 12.4 Å². The van der Waals surface area contributed by atoms with Gasteiger partial charge in [0.25, 0.3) is 0 Å². The molecular weight excluding hydrogens is 401 g/mol. The summed E-state index contributed by atoms with van der Waals surface area (Å²) >= 11 is 6.04. The Hall–Kier alpha value is -1.26. The van der Waals surface area contributed by atoms with E-state index in [9.17, 15) is 0 Å². The van der Waals surface area contributed by atoms with Crippen LogP contribution in [0.4, 0.5) is 5.69 Å². The van der Waals surface area contributed by atoms with Crippen LogP contribution in [0.2, 0.25) is 5.02 Å². The highest BCUT2D eigenvalue weighted by Gasteiger charge is 2.29. The number of piperidine rings is 1. The fraction of sp³-hybridized carbons (Fsp3) is 0.500. The van der Waals surface area contributed by atoms with Crippen LogP contribution in [0, 0.1) is 6.92 Å². The van der Waals surface area contributed by atoms with Crippen LogP contribution in [0.25, 0.3) is 0 Å². The molecule has 2 fully saturated rings. The Morgan fingerprint density at radius 1 is 0.862 bits per heavy atom. The molecule has 2 aliphatic rings. The van der Waals surface area contributed by atoms with E-state index in [1.807, 2.05) is 12.1 Å². The van der Waals surface area contributed by atoms with E-state index < -0.39 is 0 Å². The molecule has 0 aromatic heterocycles. The molecule has 0 spiro atoms. The van der Waals surface area contributed by atoms with Gasteiger partial charge in [0.1, 0.15) is 0 Å². The standard InChI is InChI=1S/C24H32ClN3.ClH/c1-19-5-3-4-6-24(19)28-17-15-27(16-18-28)23-11-13-26(14-12-23)20(2)21-7-9-22(25)10-8-21;/h3-10,20,23H,11-18H2,1-2H3;1H. The summed E-state index contributed by atoms with van der Waals surface area (Å²) in [5.41, 5.74) is 4.17. The van der Waals surface area contributed by atoms with Crippen LogP contribution in [-0.2, 0) is 0 Å². The third-order valence-electron chi connectivity index (χ3n) is 6.69. The zero-order chi connectivity index (χ0) is 19.5. The van der Waals surface area contributed by atoms with Crippen molar-refractivity contribution >= 4 is 29.7 Å². The minimum atomic E-state index is 0. The molecule has 0 radical (unpaired) electrons. The van der Waals surface area contributed by atoms with Gasteiger partial charge in [-0.25, -0.2) is 0 Å². The summed E-state index contributed by atoms with van der Waals surface area (Å²) in [6.45, 7) is 11.6. The maximum absolute atomic E-state index is 6.04. The lowest BCUT2D eigenvalue weighted by Crippen LogP contribution is -2.53. The topological polar surface area (TPSA) is 9.72 Å². The van der Waals surface area contributed by atoms with Gasteiger partial charge in [0.15, 0.2) is 0 Å². The molecule has 1 atom stereocenters. The lowest BCUT2D eigenvalue weighted by molar-refractivity contribution is 0.0840. The summed E-state index contributed by atoms with van der Waals surface area (Å²) in [4.78, 5) is 7.92. The second-order valence-corrected chi connectivity index (χ2v) is 8.74. The van der Waals surface area contributed by atoms with E-state index >= 15 is 0 Å². The molecule has 2 aliphatic heterocycles. The van der Waals surface area contributed by atoms with Crippen LogP contribution >= 0.6 is 24.0 Å². The molecule has 4 rings (SSSR count). The van der Waals surface area contributed by atoms with Crippen LogP contribution in [0.5, 0.6) is 0 Å². The van der Waals surface area contributed by atoms with Gasteiger partial charge in [0.2, 0.25) is 0 Å². The Kier molecular flexibility index (Phi) is 7.86. The molecule has 2 aromatic rings. The predicted octanol–water partition coefficient (Wildman–Crippen LogP) is 5.42. The number of anilines is 1. The van der Waals surface area contributed by atoms with Gasteiger partial charge in [0, 0.05) is 62.1 Å². The number of hydrogen-bond acceptors (Lipinski definition) is 3. The molecule has 0 saturated carbocycles. The molecule has 2 heterocycles. The van der Waals surface area contributed by atoms with Crippen molar-refractivity contribution in [3.8, 4) is 0 Å². The Morgan fingerprint density at radius 3 is 2.10 bits per heavy atom. The zero-order valence-electron chi connectivity index (χ0n) is 17.6. The Bertz CT molecular complexity index is 764. The average Bonchev–Trinajstić information content (AvgIpc) is 2.74. The van der Waals surface area contributed by atoms with Gasteiger partial charge in [-0.2, -0.15) is 0 Å². The number of benzene rings is 2. The molecular formula is C24H33Cl2N3. The first-order valence-corrected chi connectivity index (χ1v) is 11.0. The van der Waals surface area contributed by atoms with Crippen molar-refractivity contribution in [1.82, 2.24) is 9.80 Å². The highest BCUT2D eigenvalue weighted by atomic mass is 35.5. The molecule has 158 valence electrons. The molecule has 2 saturated heterocycles. The highest BCUT2D eigenvalue weighted by Crippen LogP contribution is 2.28. The van der Waals surface area contributed by atoms with E-state index in [4.69, 9.17) is 11.6 Å². The minimum absolute atomic E-state index is 0. The van der Waals surface area contributed by atoms with Crippen LogP contribution in [0.3, 0.4) is 0 Å². The first-order chi connectivity index (χ1) is 13.6. The summed E-state index contributed by atoms with van der Waals surface area (Å²) in [6.07, 6.45) is 2.56. The third-order valence-corrected chi connectivity index (χ3v) is 6.94. The van der Waals surface area contributed by atoms with Gasteiger partial charge in [-0.15, -0.1) is 12.4 Å². The van der Waals surface area contributed by atoms with Crippen molar-refractivity contribution < 1.29 is 0 Å². The Morgan fingerprint density at radius 2 is 1.48 bits per heavy atom. The first-order valence-electron chi connectivity index (χ1n) is 10.7. The number of rotatable bonds is 4. The van der Waals surface area contributed by atoms with Crippen molar-refractivity contribution in [3.63, 3.8) is 0 Å². The van der Waals surface area contributed by atoms with Gasteiger partial charge in [0.05, 0.1) is 0 Å². The van der Waals surface area contributed by atoms with E-state index in [0.29, 0.717) is 6.04 Å². The van der Waals surface area contributed by atoms with Gasteiger partial charge in [-0.05, 0) is 56.0 Å². The second kappa shape index (κ2) is 10.2. The normalized spacial score (nSPS) is 20.3. The largest absolute Gasteiger partial charge is 0.369 e. The molecule has 29 heavy (non-hydrogen) atoms. The number of likely N-dealkylation sites (tertiary alicyclic amines) is 1. The third kappa shape index (κ3) is 5.27. The number of halogens is 2. The molecule has 0 aliphatic carbocycles. The molecule has 0 bridgehead atoms. The van der Waals surface area contributed by atoms with E-state index in [2.05, 4.69) is 64.9 Å². The van der Waals surface area contributed by atoms with Crippen molar-refractivity contribution in [2.75, 3.05) is 44.2 Å². The predicted molar refractivity (Wildman–Crippen MR) is 127 cm³/mol. The maximum atomic E-state index is 6.04. The summed E-state index contributed by atoms with van der Waals surface area (Å²) in [6, 6.07) is 18.3. The maximum Gasteiger partial charge on any atom is 0.0406 e. The number of para-hydroxylation sites is 1. The monoisotopic (exact) mass is 433 g/mol. The molecule has 1 unspecified atom stereocenters. The second-order valence-electron chi connectivity index (χ2n) is 8.30. The van der Waals surface area contributed by atoms with Gasteiger partial charge < -0.3 is 4.90 Å². The SMILES string of the molecule is Cc1ccccc1N1CCN(C2CCN(C(C)c3ccc(Cl)cc3)CC2)CC1.Cl. The number of hydrogen-bond donors (Lipinski definition) is 0. The molecule has 3 nitrogen and oxygen atoms in total. The van der Waals surface area contributed by atoms with Crippen LogP contribution in [-0.4, -0.2) is 55.1 Å². The number of aryl methyl sites for hydroxylation is 1. The zero-order valence-corrected chi connectivity index (χ0v) is 19.1. The fourth-order valence-corrected chi connectivity index (χ4v) is 4.96. The van der Waals surface area contributed by atoms with E-state index in [0.717, 1.165) is 24.2 Å². The molecule has 0 amide bonds. The quantitative estimate of drug-likeness (QED) is 0.637. The van der Waals surface area contributed by atoms with Crippen LogP contribution in [0.15, 0.2) is 48.5 Å². The van der Waals surface area contributed by atoms with Crippen molar-refractivity contribution in [2.24, 2.45) is 0 Å². The van der Waals surface area contributed by atoms with Gasteiger partial charge in [-0.3, -0.25) is 9.80 Å². The fourth-order valence-electron chi connectivity index (χ4n) is 4.84. The summed E-state index contributed by atoms with van der Waals surface area (Å²) < 4.78 is 0. The minimum Gasteiger partial charge on any atom is -0.369 e. The Balaban J connectivity index is 0.00000240. The molecule has 5 heteroatoms. The number of piperazine rings is 1. The molecule has 2 aromatic carbocycles. The van der Waals surface area contributed by atoms with Gasteiger partial charge >= 0.3 is 0 Å². The highest BCUT2D eigenvalue weighted by molar-refractivity contribution is 6.30. The lowest BCUT2D eigenvalue weighted by atomic mass is 9.98. The average molecular weight is 434 g/mol. The van der Waals surface area contributed by atoms with E-state index in [1.165, 1.54) is 55.8 Å². The van der Waals surface area contributed by atoms with Crippen molar-refractivity contribution in [3.05, 3.63) is 64.7 Å². The molecule has 0 N–H and O–H groups in total.